The van der Waals surface area contributed by atoms with Gasteiger partial charge in [0.2, 0.25) is 0 Å². The van der Waals surface area contributed by atoms with E-state index in [1.54, 1.807) is 13.0 Å². The van der Waals surface area contributed by atoms with Gasteiger partial charge in [-0.25, -0.2) is 0 Å². The summed E-state index contributed by atoms with van der Waals surface area (Å²) >= 11 is 0. The quantitative estimate of drug-likeness (QED) is 0.201. The van der Waals surface area contributed by atoms with Gasteiger partial charge in [-0.2, -0.15) is 0 Å². The maximum absolute atomic E-state index is 11.2. The molecule has 0 aromatic carbocycles. The number of carbonyl (C=O) groups is 1. The van der Waals surface area contributed by atoms with E-state index in [-0.39, 0.29) is 12.3 Å². The number of carboxylic acids is 1. The maximum atomic E-state index is 11.2. The van der Waals surface area contributed by atoms with Crippen molar-refractivity contribution in [1.29, 1.82) is 0 Å². The third kappa shape index (κ3) is 11.4. The van der Waals surface area contributed by atoms with Gasteiger partial charge in [-0.15, -0.1) is 0 Å². The molecule has 0 spiro atoms. The van der Waals surface area contributed by atoms with Crippen LogP contribution >= 0.6 is 0 Å². The summed E-state index contributed by atoms with van der Waals surface area (Å²) in [6, 6.07) is 0. The average molecular weight is 491 g/mol. The molecule has 4 heteroatoms. The lowest BCUT2D eigenvalue weighted by Crippen LogP contribution is -2.42. The molecule has 0 aliphatic heterocycles. The molecule has 0 heterocycles. The summed E-state index contributed by atoms with van der Waals surface area (Å²) in [5.41, 5.74) is 1.54. The number of hydrogen-bond acceptors (Lipinski definition) is 3. The van der Waals surface area contributed by atoms with Gasteiger partial charge < -0.3 is 14.9 Å². The maximum Gasteiger partial charge on any atom is 0.306 e. The first-order valence-electron chi connectivity index (χ1n) is 14.0. The molecule has 0 amide bonds. The highest BCUT2D eigenvalue weighted by molar-refractivity contribution is 5.69. The van der Waals surface area contributed by atoms with Crippen LogP contribution in [0.25, 0.3) is 0 Å². The Morgan fingerprint density at radius 1 is 1.03 bits per heavy atom. The summed E-state index contributed by atoms with van der Waals surface area (Å²) in [7, 11) is 0. The smallest absolute Gasteiger partial charge is 0.306 e. The van der Waals surface area contributed by atoms with Crippen molar-refractivity contribution in [2.45, 2.75) is 125 Å². The van der Waals surface area contributed by atoms with E-state index in [4.69, 9.17) is 4.74 Å². The van der Waals surface area contributed by atoms with Crippen LogP contribution in [0.4, 0.5) is 0 Å². The Morgan fingerprint density at radius 2 is 1.57 bits per heavy atom. The predicted molar refractivity (Wildman–Crippen MR) is 147 cm³/mol. The average Bonchev–Trinajstić information content (AvgIpc) is 2.75. The molecular formula is C31H54O4. The molecular weight excluding hydrogens is 436 g/mol. The van der Waals surface area contributed by atoms with Gasteiger partial charge in [-0.1, -0.05) is 85.1 Å². The topological polar surface area (TPSA) is 66.8 Å². The first-order valence-corrected chi connectivity index (χ1v) is 14.0. The van der Waals surface area contributed by atoms with Crippen molar-refractivity contribution < 1.29 is 19.7 Å². The first kappa shape index (κ1) is 31.5. The second-order valence-corrected chi connectivity index (χ2v) is 11.8. The lowest BCUT2D eigenvalue weighted by molar-refractivity contribution is -0.142. The zero-order chi connectivity index (χ0) is 26.6. The van der Waals surface area contributed by atoms with Gasteiger partial charge in [0, 0.05) is 5.92 Å². The van der Waals surface area contributed by atoms with Crippen LogP contribution in [-0.4, -0.2) is 28.4 Å². The van der Waals surface area contributed by atoms with Crippen LogP contribution in [0.3, 0.4) is 0 Å². The van der Waals surface area contributed by atoms with Crippen LogP contribution in [0, 0.1) is 23.7 Å². The van der Waals surface area contributed by atoms with Crippen molar-refractivity contribution in [2.24, 2.45) is 23.7 Å². The van der Waals surface area contributed by atoms with Crippen LogP contribution in [0.1, 0.15) is 120 Å². The van der Waals surface area contributed by atoms with E-state index in [1.165, 1.54) is 56.9 Å². The Balaban J connectivity index is 2.34. The van der Waals surface area contributed by atoms with Crippen molar-refractivity contribution in [3.63, 3.8) is 0 Å². The molecule has 0 aromatic rings. The number of hydrogen-bond donors (Lipinski definition) is 2. The van der Waals surface area contributed by atoms with Crippen molar-refractivity contribution in [3.05, 3.63) is 34.6 Å². The van der Waals surface area contributed by atoms with Crippen LogP contribution in [0.5, 0.6) is 0 Å². The van der Waals surface area contributed by atoms with Gasteiger partial charge in [-0.3, -0.25) is 4.79 Å². The van der Waals surface area contributed by atoms with E-state index in [9.17, 15) is 15.0 Å². The molecule has 1 aliphatic rings. The Kier molecular flexibility index (Phi) is 14.0. The van der Waals surface area contributed by atoms with Crippen molar-refractivity contribution in [3.8, 4) is 0 Å². The lowest BCUT2D eigenvalue weighted by Gasteiger charge is -2.38. The van der Waals surface area contributed by atoms with Gasteiger partial charge in [0.1, 0.15) is 18.0 Å². The van der Waals surface area contributed by atoms with Gasteiger partial charge >= 0.3 is 5.97 Å². The summed E-state index contributed by atoms with van der Waals surface area (Å²) < 4.78 is 6.02. The SMILES string of the molecule is CC1=CC(OC/C=C(\C)CCC[C@H](C)CCC[C@H](C)CCCC(C)C)=C(C)[C@@H](C)[C@]1(O)CC(=O)O. The monoisotopic (exact) mass is 490 g/mol. The third-order valence-corrected chi connectivity index (χ3v) is 8.02. The van der Waals surface area contributed by atoms with Crippen LogP contribution < -0.4 is 0 Å². The van der Waals surface area contributed by atoms with E-state index in [0.29, 0.717) is 12.2 Å². The van der Waals surface area contributed by atoms with Crippen LogP contribution in [-0.2, 0) is 9.53 Å². The first-order chi connectivity index (χ1) is 16.4. The molecule has 1 aliphatic carbocycles. The summed E-state index contributed by atoms with van der Waals surface area (Å²) in [4.78, 5) is 11.2. The number of aliphatic carboxylic acids is 1. The minimum absolute atomic E-state index is 0.296. The molecule has 0 unspecified atom stereocenters. The third-order valence-electron chi connectivity index (χ3n) is 8.02. The van der Waals surface area contributed by atoms with Gasteiger partial charge in [0.05, 0.1) is 6.42 Å². The summed E-state index contributed by atoms with van der Waals surface area (Å²) in [5, 5.41) is 20.1. The van der Waals surface area contributed by atoms with E-state index < -0.39 is 11.6 Å². The minimum Gasteiger partial charge on any atom is -0.490 e. The number of rotatable bonds is 17. The molecule has 4 nitrogen and oxygen atoms in total. The number of allylic oxidation sites excluding steroid dienone is 2. The van der Waals surface area contributed by atoms with E-state index in [2.05, 4.69) is 40.7 Å². The minimum atomic E-state index is -1.35. The molecule has 0 saturated carbocycles. The Bertz CT molecular complexity index is 745. The Morgan fingerprint density at radius 3 is 2.11 bits per heavy atom. The standard InChI is InChI=1S/C31H54O4/c1-22(2)12-9-13-23(3)14-10-15-24(4)16-11-17-25(5)18-19-35-29-20-26(6)31(34,21-30(32)33)28(8)27(29)7/h18,20,22-24,28,34H,9-17,19,21H2,1-8H3,(H,32,33)/b25-18+/t23-,24-,28-,31+/m1/s1. The van der Waals surface area contributed by atoms with E-state index in [1.807, 2.05) is 13.8 Å². The molecule has 0 radical (unpaired) electrons. The molecule has 0 saturated heterocycles. The Hall–Kier alpha value is -1.55. The normalized spacial score (nSPS) is 22.9. The van der Waals surface area contributed by atoms with Gasteiger partial charge in [-0.05, 0) is 74.7 Å². The van der Waals surface area contributed by atoms with Crippen LogP contribution in [0.2, 0.25) is 0 Å². The van der Waals surface area contributed by atoms with Gasteiger partial charge in [0.15, 0.2) is 0 Å². The molecule has 1 rings (SSSR count). The lowest BCUT2D eigenvalue weighted by atomic mass is 9.73. The molecule has 0 bridgehead atoms. The second-order valence-electron chi connectivity index (χ2n) is 11.8. The molecule has 0 fully saturated rings. The summed E-state index contributed by atoms with van der Waals surface area (Å²) in [6.45, 7) is 17.7. The molecule has 202 valence electrons. The molecule has 2 N–H and O–H groups in total. The van der Waals surface area contributed by atoms with Crippen LogP contribution in [0.15, 0.2) is 34.6 Å². The van der Waals surface area contributed by atoms with Gasteiger partial charge in [0.25, 0.3) is 0 Å². The second kappa shape index (κ2) is 15.5. The largest absolute Gasteiger partial charge is 0.490 e. The fourth-order valence-corrected chi connectivity index (χ4v) is 5.11. The Labute approximate surface area is 215 Å². The number of aliphatic hydroxyl groups is 1. The molecule has 4 atom stereocenters. The van der Waals surface area contributed by atoms with E-state index in [0.717, 1.165) is 35.5 Å². The molecule has 0 aromatic heterocycles. The fraction of sp³-hybridized carbons (Fsp3) is 0.774. The zero-order valence-electron chi connectivity index (χ0n) is 24.0. The number of carboxylic acid groups (broad SMARTS) is 1. The van der Waals surface area contributed by atoms with Crippen molar-refractivity contribution in [2.75, 3.05) is 6.61 Å². The highest BCUT2D eigenvalue weighted by Crippen LogP contribution is 2.40. The van der Waals surface area contributed by atoms with Crippen molar-refractivity contribution in [1.82, 2.24) is 0 Å². The summed E-state index contributed by atoms with van der Waals surface area (Å²) in [6.07, 6.45) is 15.4. The zero-order valence-corrected chi connectivity index (χ0v) is 24.0. The fourth-order valence-electron chi connectivity index (χ4n) is 5.11. The highest BCUT2D eigenvalue weighted by atomic mass is 16.5. The number of ether oxygens (including phenoxy) is 1. The summed E-state index contributed by atoms with van der Waals surface area (Å²) in [5.74, 6) is 1.94. The predicted octanol–water partition coefficient (Wildman–Crippen LogP) is 8.46. The van der Waals surface area contributed by atoms with Crippen molar-refractivity contribution >= 4 is 5.97 Å². The highest BCUT2D eigenvalue weighted by Gasteiger charge is 2.42. The van der Waals surface area contributed by atoms with E-state index >= 15 is 0 Å². The molecule has 35 heavy (non-hydrogen) atoms.